The molecule has 0 unspecified atom stereocenters. The van der Waals surface area contributed by atoms with Crippen molar-refractivity contribution in [1.29, 1.82) is 0 Å². The van der Waals surface area contributed by atoms with E-state index < -0.39 is 0 Å². The first-order valence-electron chi connectivity index (χ1n) is 7.04. The maximum Gasteiger partial charge on any atom is 0.142 e. The first-order chi connectivity index (χ1) is 10.6. The predicted octanol–water partition coefficient (Wildman–Crippen LogP) is 5.15. The molecule has 0 aliphatic carbocycles. The smallest absolute Gasteiger partial charge is 0.142 e. The lowest BCUT2D eigenvalue weighted by molar-refractivity contribution is 0.414. The van der Waals surface area contributed by atoms with Crippen molar-refractivity contribution in [2.75, 3.05) is 14.2 Å². The van der Waals surface area contributed by atoms with Gasteiger partial charge in [0.1, 0.15) is 22.8 Å². The Labute approximate surface area is 129 Å². The maximum absolute atomic E-state index is 6.06. The average molecular weight is 294 g/mol. The van der Waals surface area contributed by atoms with Crippen LogP contribution in [0.1, 0.15) is 12.5 Å². The van der Waals surface area contributed by atoms with E-state index in [-0.39, 0.29) is 0 Å². The van der Waals surface area contributed by atoms with Crippen LogP contribution in [-0.2, 0) is 0 Å². The lowest BCUT2D eigenvalue weighted by atomic mass is 10.1. The summed E-state index contributed by atoms with van der Waals surface area (Å²) in [7, 11) is 3.31. The van der Waals surface area contributed by atoms with Gasteiger partial charge in [0, 0.05) is 16.5 Å². The van der Waals surface area contributed by atoms with Gasteiger partial charge in [0.05, 0.1) is 14.2 Å². The molecule has 22 heavy (non-hydrogen) atoms. The Balaban J connectivity index is 2.15. The fourth-order valence-electron chi connectivity index (χ4n) is 2.46. The van der Waals surface area contributed by atoms with Gasteiger partial charge in [-0.15, -0.1) is 0 Å². The largest absolute Gasteiger partial charge is 0.497 e. The van der Waals surface area contributed by atoms with Gasteiger partial charge in [-0.3, -0.25) is 0 Å². The fraction of sp³-hybridized carbons (Fsp3) is 0.158. The summed E-state index contributed by atoms with van der Waals surface area (Å²) in [6.07, 6.45) is 0. The minimum atomic E-state index is 0.799. The normalized spacial score (nSPS) is 10.7. The van der Waals surface area contributed by atoms with Crippen molar-refractivity contribution in [3.05, 3.63) is 54.6 Å². The van der Waals surface area contributed by atoms with Crippen molar-refractivity contribution < 1.29 is 13.9 Å². The Bertz CT molecular complexity index is 826. The number of allylic oxidation sites excluding steroid dienone is 1. The standard InChI is InChI=1S/C19H18O3/c1-12(2)17-11-16(21-4)9-14-10-18(22-19(14)17)13-5-7-15(20-3)8-6-13/h5-11H,1H2,2-4H3. The molecule has 0 saturated carbocycles. The van der Waals surface area contributed by atoms with Gasteiger partial charge in [-0.25, -0.2) is 0 Å². The number of hydrogen-bond acceptors (Lipinski definition) is 3. The Morgan fingerprint density at radius 3 is 2.23 bits per heavy atom. The van der Waals surface area contributed by atoms with Crippen LogP contribution in [-0.4, -0.2) is 14.2 Å². The van der Waals surface area contributed by atoms with Gasteiger partial charge in [0.25, 0.3) is 0 Å². The van der Waals surface area contributed by atoms with Gasteiger partial charge in [-0.05, 0) is 55.0 Å². The van der Waals surface area contributed by atoms with E-state index >= 15 is 0 Å². The van der Waals surface area contributed by atoms with Crippen molar-refractivity contribution in [3.63, 3.8) is 0 Å². The summed E-state index contributed by atoms with van der Waals surface area (Å²) in [6.45, 7) is 5.99. The molecule has 0 fully saturated rings. The molecule has 2 aromatic carbocycles. The van der Waals surface area contributed by atoms with Crippen LogP contribution < -0.4 is 9.47 Å². The third-order valence-electron chi connectivity index (χ3n) is 3.66. The summed E-state index contributed by atoms with van der Waals surface area (Å²) >= 11 is 0. The molecule has 0 spiro atoms. The molecule has 3 rings (SSSR count). The van der Waals surface area contributed by atoms with Crippen LogP contribution in [0.15, 0.2) is 53.5 Å². The molecule has 0 amide bonds. The second kappa shape index (κ2) is 5.60. The maximum atomic E-state index is 6.06. The van der Waals surface area contributed by atoms with Crippen LogP contribution in [0.4, 0.5) is 0 Å². The van der Waals surface area contributed by atoms with Crippen molar-refractivity contribution in [2.45, 2.75) is 6.92 Å². The first kappa shape index (κ1) is 14.3. The van der Waals surface area contributed by atoms with Crippen molar-refractivity contribution >= 4 is 16.5 Å². The van der Waals surface area contributed by atoms with E-state index in [1.807, 2.05) is 49.4 Å². The van der Waals surface area contributed by atoms with Crippen LogP contribution in [0.2, 0.25) is 0 Å². The van der Waals surface area contributed by atoms with Crippen molar-refractivity contribution in [1.82, 2.24) is 0 Å². The monoisotopic (exact) mass is 294 g/mol. The number of benzene rings is 2. The average Bonchev–Trinajstić information content (AvgIpc) is 2.97. The second-order valence-corrected chi connectivity index (χ2v) is 5.21. The molecule has 3 aromatic rings. The Morgan fingerprint density at radius 2 is 1.64 bits per heavy atom. The van der Waals surface area contributed by atoms with Gasteiger partial charge < -0.3 is 13.9 Å². The van der Waals surface area contributed by atoms with Crippen molar-refractivity contribution in [2.24, 2.45) is 0 Å². The van der Waals surface area contributed by atoms with E-state index in [1.165, 1.54) is 0 Å². The lowest BCUT2D eigenvalue weighted by Crippen LogP contribution is -1.85. The number of hydrogen-bond donors (Lipinski definition) is 0. The number of ether oxygens (including phenoxy) is 2. The molecule has 1 aromatic heterocycles. The predicted molar refractivity (Wildman–Crippen MR) is 89.5 cm³/mol. The van der Waals surface area contributed by atoms with E-state index in [0.29, 0.717) is 0 Å². The van der Waals surface area contributed by atoms with Crippen LogP contribution in [0.25, 0.3) is 27.9 Å². The minimum absolute atomic E-state index is 0.799. The fourth-order valence-corrected chi connectivity index (χ4v) is 2.46. The Morgan fingerprint density at radius 1 is 0.955 bits per heavy atom. The highest BCUT2D eigenvalue weighted by atomic mass is 16.5. The van der Waals surface area contributed by atoms with E-state index in [4.69, 9.17) is 13.9 Å². The van der Waals surface area contributed by atoms with Crippen LogP contribution in [0, 0.1) is 0 Å². The molecule has 0 saturated heterocycles. The third kappa shape index (κ3) is 2.46. The molecule has 0 aliphatic rings. The molecule has 0 aliphatic heterocycles. The quantitative estimate of drug-likeness (QED) is 0.667. The zero-order valence-electron chi connectivity index (χ0n) is 13.0. The van der Waals surface area contributed by atoms with Crippen LogP contribution in [0.3, 0.4) is 0 Å². The number of furan rings is 1. The van der Waals surface area contributed by atoms with E-state index in [9.17, 15) is 0 Å². The molecular formula is C19H18O3. The van der Waals surface area contributed by atoms with Crippen LogP contribution in [0.5, 0.6) is 11.5 Å². The van der Waals surface area contributed by atoms with Crippen LogP contribution >= 0.6 is 0 Å². The zero-order chi connectivity index (χ0) is 15.7. The Hall–Kier alpha value is -2.68. The van der Waals surface area contributed by atoms with Gasteiger partial charge >= 0.3 is 0 Å². The summed E-state index contributed by atoms with van der Waals surface area (Å²) in [6, 6.07) is 13.7. The minimum Gasteiger partial charge on any atom is -0.497 e. The molecule has 3 heteroatoms. The number of methoxy groups -OCH3 is 2. The third-order valence-corrected chi connectivity index (χ3v) is 3.66. The molecule has 0 atom stereocenters. The second-order valence-electron chi connectivity index (χ2n) is 5.21. The molecule has 0 N–H and O–H groups in total. The summed E-state index contributed by atoms with van der Waals surface area (Å²) in [5.74, 6) is 2.44. The lowest BCUT2D eigenvalue weighted by Gasteiger charge is -2.05. The van der Waals surface area contributed by atoms with Crippen molar-refractivity contribution in [3.8, 4) is 22.8 Å². The molecule has 1 heterocycles. The summed E-state index contributed by atoms with van der Waals surface area (Å²) in [5.41, 5.74) is 3.75. The molecule has 0 bridgehead atoms. The first-order valence-corrected chi connectivity index (χ1v) is 7.04. The van der Waals surface area contributed by atoms with Gasteiger partial charge in [0.15, 0.2) is 0 Å². The van der Waals surface area contributed by atoms with Gasteiger partial charge in [0.2, 0.25) is 0 Å². The summed E-state index contributed by atoms with van der Waals surface area (Å²) in [5, 5.41) is 1.00. The molecular weight excluding hydrogens is 276 g/mol. The van der Waals surface area contributed by atoms with E-state index in [0.717, 1.165) is 44.9 Å². The highest BCUT2D eigenvalue weighted by Crippen LogP contribution is 2.35. The summed E-state index contributed by atoms with van der Waals surface area (Å²) < 4.78 is 16.6. The highest BCUT2D eigenvalue weighted by molar-refractivity contribution is 5.93. The zero-order valence-corrected chi connectivity index (χ0v) is 13.0. The molecule has 0 radical (unpaired) electrons. The summed E-state index contributed by atoms with van der Waals surface area (Å²) in [4.78, 5) is 0. The Kier molecular flexibility index (Phi) is 3.63. The number of fused-ring (bicyclic) bond motifs is 1. The van der Waals surface area contributed by atoms with E-state index in [2.05, 4.69) is 6.58 Å². The van der Waals surface area contributed by atoms with Gasteiger partial charge in [-0.1, -0.05) is 6.58 Å². The van der Waals surface area contributed by atoms with E-state index in [1.54, 1.807) is 14.2 Å². The molecule has 3 nitrogen and oxygen atoms in total. The molecule has 112 valence electrons. The SMILES string of the molecule is C=C(C)c1cc(OC)cc2cc(-c3ccc(OC)cc3)oc12. The topological polar surface area (TPSA) is 31.6 Å². The van der Waals surface area contributed by atoms with Gasteiger partial charge in [-0.2, -0.15) is 0 Å². The highest BCUT2D eigenvalue weighted by Gasteiger charge is 2.13. The number of rotatable bonds is 4.